The number of rotatable bonds is 7. The molecule has 0 unspecified atom stereocenters. The van der Waals surface area contributed by atoms with Gasteiger partial charge in [0.1, 0.15) is 0 Å². The SMILES string of the molecule is COc1ccc(/C(C)=N/NC(=O)CNC(=O)c2ccc3c(c2)OCO3)cc1OC. The van der Waals surface area contributed by atoms with Gasteiger partial charge in [0.25, 0.3) is 11.8 Å². The van der Waals surface area contributed by atoms with E-state index < -0.39 is 11.8 Å². The number of carbonyl (C=O) groups is 2. The van der Waals surface area contributed by atoms with Gasteiger partial charge in [-0.25, -0.2) is 5.43 Å². The number of methoxy groups -OCH3 is 2. The lowest BCUT2D eigenvalue weighted by atomic mass is 10.1. The summed E-state index contributed by atoms with van der Waals surface area (Å²) in [6, 6.07) is 10.1. The van der Waals surface area contributed by atoms with Crippen molar-refractivity contribution in [3.8, 4) is 23.0 Å². The first-order valence-corrected chi connectivity index (χ1v) is 8.75. The molecule has 1 aliphatic heterocycles. The molecule has 29 heavy (non-hydrogen) atoms. The van der Waals surface area contributed by atoms with E-state index >= 15 is 0 Å². The van der Waals surface area contributed by atoms with Crippen molar-refractivity contribution < 1.29 is 28.5 Å². The first kappa shape index (κ1) is 20.0. The third kappa shape index (κ3) is 4.75. The van der Waals surface area contributed by atoms with Gasteiger partial charge in [0.2, 0.25) is 6.79 Å². The van der Waals surface area contributed by atoms with Gasteiger partial charge in [0.15, 0.2) is 23.0 Å². The van der Waals surface area contributed by atoms with Crippen LogP contribution < -0.4 is 29.7 Å². The van der Waals surface area contributed by atoms with Crippen molar-refractivity contribution in [2.24, 2.45) is 5.10 Å². The number of hydrogen-bond donors (Lipinski definition) is 2. The molecule has 0 aromatic heterocycles. The normalized spacial score (nSPS) is 12.3. The number of fused-ring (bicyclic) bond motifs is 1. The number of amides is 2. The number of carbonyl (C=O) groups excluding carboxylic acids is 2. The monoisotopic (exact) mass is 399 g/mol. The molecule has 0 bridgehead atoms. The van der Waals surface area contributed by atoms with Crippen LogP contribution in [0.25, 0.3) is 0 Å². The highest BCUT2D eigenvalue weighted by molar-refractivity contribution is 6.00. The molecule has 2 N–H and O–H groups in total. The molecule has 3 rings (SSSR count). The van der Waals surface area contributed by atoms with Gasteiger partial charge in [0.05, 0.1) is 26.5 Å². The summed E-state index contributed by atoms with van der Waals surface area (Å²) in [5.41, 5.74) is 4.11. The lowest BCUT2D eigenvalue weighted by Crippen LogP contribution is -2.35. The molecule has 1 aliphatic rings. The Morgan fingerprint density at radius 3 is 2.48 bits per heavy atom. The van der Waals surface area contributed by atoms with E-state index in [1.54, 1.807) is 57.5 Å². The summed E-state index contributed by atoms with van der Waals surface area (Å²) in [6.45, 7) is 1.64. The summed E-state index contributed by atoms with van der Waals surface area (Å²) in [5, 5.41) is 6.59. The summed E-state index contributed by atoms with van der Waals surface area (Å²) < 4.78 is 20.9. The molecule has 0 spiro atoms. The first-order chi connectivity index (χ1) is 14.0. The second-order valence-corrected chi connectivity index (χ2v) is 6.05. The van der Waals surface area contributed by atoms with Crippen molar-refractivity contribution in [1.29, 1.82) is 0 Å². The van der Waals surface area contributed by atoms with Crippen molar-refractivity contribution >= 4 is 17.5 Å². The highest BCUT2D eigenvalue weighted by Crippen LogP contribution is 2.32. The molecule has 9 heteroatoms. The van der Waals surface area contributed by atoms with Crippen molar-refractivity contribution in [3.63, 3.8) is 0 Å². The number of hydrogen-bond acceptors (Lipinski definition) is 7. The Bertz CT molecular complexity index is 957. The van der Waals surface area contributed by atoms with E-state index in [0.29, 0.717) is 34.3 Å². The Morgan fingerprint density at radius 1 is 1.00 bits per heavy atom. The Balaban J connectivity index is 1.54. The molecular formula is C20H21N3O6. The van der Waals surface area contributed by atoms with Gasteiger partial charge in [-0.2, -0.15) is 5.10 Å². The van der Waals surface area contributed by atoms with Crippen LogP contribution in [0.2, 0.25) is 0 Å². The van der Waals surface area contributed by atoms with Crippen LogP contribution in [0.4, 0.5) is 0 Å². The first-order valence-electron chi connectivity index (χ1n) is 8.75. The van der Waals surface area contributed by atoms with Crippen LogP contribution in [0.15, 0.2) is 41.5 Å². The van der Waals surface area contributed by atoms with E-state index in [1.165, 1.54) is 0 Å². The fourth-order valence-corrected chi connectivity index (χ4v) is 2.61. The van der Waals surface area contributed by atoms with Crippen LogP contribution in [0.3, 0.4) is 0 Å². The Kier molecular flexibility index (Phi) is 6.18. The number of benzene rings is 2. The van der Waals surface area contributed by atoms with Crippen LogP contribution in [-0.2, 0) is 4.79 Å². The van der Waals surface area contributed by atoms with Gasteiger partial charge in [-0.1, -0.05) is 0 Å². The molecule has 9 nitrogen and oxygen atoms in total. The van der Waals surface area contributed by atoms with E-state index in [4.69, 9.17) is 18.9 Å². The Morgan fingerprint density at radius 2 is 1.72 bits per heavy atom. The summed E-state index contributed by atoms with van der Waals surface area (Å²) >= 11 is 0. The van der Waals surface area contributed by atoms with Crippen LogP contribution in [-0.4, -0.2) is 45.1 Å². The third-order valence-corrected chi connectivity index (χ3v) is 4.19. The lowest BCUT2D eigenvalue weighted by Gasteiger charge is -2.09. The average molecular weight is 399 g/mol. The van der Waals surface area contributed by atoms with Gasteiger partial charge in [-0.3, -0.25) is 9.59 Å². The van der Waals surface area contributed by atoms with Crippen LogP contribution >= 0.6 is 0 Å². The highest BCUT2D eigenvalue weighted by atomic mass is 16.7. The molecule has 2 amide bonds. The number of hydrazone groups is 1. The van der Waals surface area contributed by atoms with Crippen molar-refractivity contribution in [1.82, 2.24) is 10.7 Å². The fraction of sp³-hybridized carbons (Fsp3) is 0.250. The molecule has 152 valence electrons. The topological polar surface area (TPSA) is 107 Å². The second-order valence-electron chi connectivity index (χ2n) is 6.05. The minimum absolute atomic E-state index is 0.125. The van der Waals surface area contributed by atoms with Crippen LogP contribution in [0, 0.1) is 0 Å². The molecule has 0 atom stereocenters. The average Bonchev–Trinajstić information content (AvgIpc) is 3.23. The summed E-state index contributed by atoms with van der Waals surface area (Å²) in [7, 11) is 3.09. The summed E-state index contributed by atoms with van der Waals surface area (Å²) in [5.74, 6) is 1.37. The van der Waals surface area contributed by atoms with Gasteiger partial charge in [-0.05, 0) is 43.3 Å². The standard InChI is InChI=1S/C20H21N3O6/c1-12(13-4-6-15(26-2)17(8-13)27-3)22-23-19(24)10-21-20(25)14-5-7-16-18(9-14)29-11-28-16/h4-9H,10-11H2,1-3H3,(H,21,25)(H,23,24)/b22-12+. The van der Waals surface area contributed by atoms with E-state index in [-0.39, 0.29) is 13.3 Å². The minimum Gasteiger partial charge on any atom is -0.493 e. The molecular weight excluding hydrogens is 378 g/mol. The third-order valence-electron chi connectivity index (χ3n) is 4.19. The Labute approximate surface area is 167 Å². The van der Waals surface area contributed by atoms with E-state index in [9.17, 15) is 9.59 Å². The molecule has 2 aromatic carbocycles. The number of nitrogens with zero attached hydrogens (tertiary/aromatic N) is 1. The zero-order chi connectivity index (χ0) is 20.8. The van der Waals surface area contributed by atoms with Gasteiger partial charge < -0.3 is 24.3 Å². The van der Waals surface area contributed by atoms with Gasteiger partial charge in [0, 0.05) is 11.1 Å². The molecule has 0 radical (unpaired) electrons. The summed E-state index contributed by atoms with van der Waals surface area (Å²) in [6.07, 6.45) is 0. The smallest absolute Gasteiger partial charge is 0.259 e. The second kappa shape index (κ2) is 8.96. The zero-order valence-corrected chi connectivity index (χ0v) is 16.3. The number of ether oxygens (including phenoxy) is 4. The van der Waals surface area contributed by atoms with Crippen LogP contribution in [0.5, 0.6) is 23.0 Å². The number of nitrogens with one attached hydrogen (secondary N) is 2. The maximum absolute atomic E-state index is 12.2. The predicted molar refractivity (Wildman–Crippen MR) is 105 cm³/mol. The molecule has 0 saturated carbocycles. The lowest BCUT2D eigenvalue weighted by molar-refractivity contribution is -0.120. The molecule has 1 heterocycles. The van der Waals surface area contributed by atoms with E-state index in [0.717, 1.165) is 5.56 Å². The van der Waals surface area contributed by atoms with Crippen molar-refractivity contribution in [2.75, 3.05) is 27.6 Å². The van der Waals surface area contributed by atoms with Gasteiger partial charge >= 0.3 is 0 Å². The maximum Gasteiger partial charge on any atom is 0.259 e. The zero-order valence-electron chi connectivity index (χ0n) is 16.3. The summed E-state index contributed by atoms with van der Waals surface area (Å²) in [4.78, 5) is 24.2. The molecule has 0 saturated heterocycles. The minimum atomic E-state index is -0.459. The van der Waals surface area contributed by atoms with Crippen LogP contribution in [0.1, 0.15) is 22.8 Å². The van der Waals surface area contributed by atoms with Crippen molar-refractivity contribution in [2.45, 2.75) is 6.92 Å². The molecule has 2 aromatic rings. The largest absolute Gasteiger partial charge is 0.493 e. The Hall–Kier alpha value is -3.75. The molecule has 0 aliphatic carbocycles. The van der Waals surface area contributed by atoms with Gasteiger partial charge in [-0.15, -0.1) is 0 Å². The highest BCUT2D eigenvalue weighted by Gasteiger charge is 2.16. The quantitative estimate of drug-likeness (QED) is 0.542. The predicted octanol–water partition coefficient (Wildman–Crippen LogP) is 1.70. The molecule has 0 fully saturated rings. The van der Waals surface area contributed by atoms with E-state index in [2.05, 4.69) is 15.8 Å². The maximum atomic E-state index is 12.2. The van der Waals surface area contributed by atoms with E-state index in [1.807, 2.05) is 0 Å². The fourth-order valence-electron chi connectivity index (χ4n) is 2.61. The van der Waals surface area contributed by atoms with Crippen molar-refractivity contribution in [3.05, 3.63) is 47.5 Å².